The molecule has 7 rings (SSSR count). The third-order valence-electron chi connectivity index (χ3n) is 7.00. The molecule has 1 saturated heterocycles. The Bertz CT molecular complexity index is 1960. The number of benzene rings is 2. The minimum absolute atomic E-state index is 0.0460. The van der Waals surface area contributed by atoms with Crippen LogP contribution in [0.15, 0.2) is 90.9 Å². The summed E-state index contributed by atoms with van der Waals surface area (Å²) in [7, 11) is 0. The summed E-state index contributed by atoms with van der Waals surface area (Å²) in [5, 5.41) is 10.3. The van der Waals surface area contributed by atoms with Crippen molar-refractivity contribution in [2.45, 2.75) is 30.6 Å². The van der Waals surface area contributed by atoms with E-state index in [1.807, 2.05) is 36.4 Å². The van der Waals surface area contributed by atoms with Gasteiger partial charge in [0.25, 0.3) is 11.1 Å². The molecule has 1 fully saturated rings. The van der Waals surface area contributed by atoms with Crippen LogP contribution in [0.3, 0.4) is 0 Å². The SMILES string of the molecule is CC1CC(C)CN(c2nc(Oc3ccnc4ccccc34)nc(Sc3nnc(-c4cc5ccccc5oc4=O)o3)n2)C1. The Hall–Kier alpha value is -4.84. The zero-order chi connectivity index (χ0) is 28.6. The van der Waals surface area contributed by atoms with Gasteiger partial charge in [0.15, 0.2) is 0 Å². The number of fused-ring (bicyclic) bond motifs is 2. The van der Waals surface area contributed by atoms with E-state index < -0.39 is 5.63 Å². The van der Waals surface area contributed by atoms with Crippen LogP contribution < -0.4 is 15.3 Å². The van der Waals surface area contributed by atoms with E-state index in [9.17, 15) is 4.79 Å². The monoisotopic (exact) mass is 579 g/mol. The van der Waals surface area contributed by atoms with Gasteiger partial charge in [-0.3, -0.25) is 4.98 Å². The quantitative estimate of drug-likeness (QED) is 0.214. The van der Waals surface area contributed by atoms with E-state index >= 15 is 0 Å². The number of nitrogens with zero attached hydrogens (tertiary/aromatic N) is 7. The first kappa shape index (κ1) is 26.1. The summed E-state index contributed by atoms with van der Waals surface area (Å²) in [5.74, 6) is 2.11. The van der Waals surface area contributed by atoms with Gasteiger partial charge in [-0.15, -0.1) is 10.2 Å². The van der Waals surface area contributed by atoms with E-state index in [4.69, 9.17) is 23.5 Å². The molecule has 2 aromatic carbocycles. The highest BCUT2D eigenvalue weighted by molar-refractivity contribution is 7.98. The first-order valence-electron chi connectivity index (χ1n) is 13.6. The lowest BCUT2D eigenvalue weighted by molar-refractivity contribution is 0.350. The van der Waals surface area contributed by atoms with Crippen LogP contribution in [-0.2, 0) is 0 Å². The fourth-order valence-corrected chi connectivity index (χ4v) is 5.90. The Morgan fingerprint density at radius 1 is 0.929 bits per heavy atom. The lowest BCUT2D eigenvalue weighted by Gasteiger charge is -2.34. The molecule has 0 saturated carbocycles. The zero-order valence-corrected chi connectivity index (χ0v) is 23.6. The highest BCUT2D eigenvalue weighted by atomic mass is 32.2. The van der Waals surface area contributed by atoms with Gasteiger partial charge >= 0.3 is 11.6 Å². The predicted octanol–water partition coefficient (Wildman–Crippen LogP) is 6.00. The van der Waals surface area contributed by atoms with E-state index in [0.29, 0.717) is 34.3 Å². The Kier molecular flexibility index (Phi) is 6.74. The molecule has 11 nitrogen and oxygen atoms in total. The van der Waals surface area contributed by atoms with Crippen LogP contribution in [0.25, 0.3) is 33.3 Å². The number of aromatic nitrogens is 6. The molecule has 0 N–H and O–H groups in total. The van der Waals surface area contributed by atoms with Gasteiger partial charge in [-0.1, -0.05) is 44.2 Å². The van der Waals surface area contributed by atoms with Crippen molar-refractivity contribution in [1.29, 1.82) is 0 Å². The van der Waals surface area contributed by atoms with Crippen molar-refractivity contribution < 1.29 is 13.6 Å². The number of rotatable bonds is 6. The van der Waals surface area contributed by atoms with Crippen molar-refractivity contribution in [3.63, 3.8) is 0 Å². The average Bonchev–Trinajstić information content (AvgIpc) is 3.44. The minimum Gasteiger partial charge on any atom is -0.423 e. The molecule has 210 valence electrons. The summed E-state index contributed by atoms with van der Waals surface area (Å²) in [4.78, 5) is 33.2. The Morgan fingerprint density at radius 2 is 1.74 bits per heavy atom. The summed E-state index contributed by atoms with van der Waals surface area (Å²) in [6.07, 6.45) is 2.83. The average molecular weight is 580 g/mol. The van der Waals surface area contributed by atoms with Gasteiger partial charge in [0, 0.05) is 41.8 Å². The summed E-state index contributed by atoms with van der Waals surface area (Å²) < 4.78 is 17.5. The maximum atomic E-state index is 12.6. The third-order valence-corrected chi connectivity index (χ3v) is 7.71. The van der Waals surface area contributed by atoms with Crippen LogP contribution in [-0.4, -0.2) is 43.2 Å². The maximum absolute atomic E-state index is 12.6. The molecule has 2 unspecified atom stereocenters. The first-order chi connectivity index (χ1) is 20.5. The lowest BCUT2D eigenvalue weighted by atomic mass is 9.92. The number of piperidine rings is 1. The molecule has 1 aliphatic heterocycles. The topological polar surface area (TPSA) is 133 Å². The van der Waals surface area contributed by atoms with Crippen molar-refractivity contribution in [3.05, 3.63) is 77.3 Å². The van der Waals surface area contributed by atoms with E-state index in [0.717, 1.165) is 47.6 Å². The largest absolute Gasteiger partial charge is 0.423 e. The van der Waals surface area contributed by atoms with Gasteiger partial charge in [0.1, 0.15) is 16.9 Å². The van der Waals surface area contributed by atoms with Gasteiger partial charge in [0.2, 0.25) is 11.1 Å². The fourth-order valence-electron chi connectivity index (χ4n) is 5.29. The number of hydrogen-bond acceptors (Lipinski definition) is 12. The number of ether oxygens (including phenoxy) is 1. The Morgan fingerprint density at radius 3 is 2.62 bits per heavy atom. The van der Waals surface area contributed by atoms with Crippen molar-refractivity contribution in [2.24, 2.45) is 11.8 Å². The number of anilines is 1. The van der Waals surface area contributed by atoms with Crippen LogP contribution in [0, 0.1) is 11.8 Å². The molecule has 0 aliphatic carbocycles. The Balaban J connectivity index is 1.23. The van der Waals surface area contributed by atoms with Crippen molar-refractivity contribution in [1.82, 2.24) is 30.1 Å². The molecule has 0 bridgehead atoms. The van der Waals surface area contributed by atoms with Gasteiger partial charge in [-0.05, 0) is 48.6 Å². The fraction of sp³-hybridized carbons (Fsp3) is 0.233. The zero-order valence-electron chi connectivity index (χ0n) is 22.8. The summed E-state index contributed by atoms with van der Waals surface area (Å²) in [6, 6.07) is 18.5. The highest BCUT2D eigenvalue weighted by Crippen LogP contribution is 2.33. The van der Waals surface area contributed by atoms with E-state index in [1.165, 1.54) is 0 Å². The molecule has 0 radical (unpaired) electrons. The molecule has 0 amide bonds. The van der Waals surface area contributed by atoms with E-state index in [1.54, 1.807) is 30.5 Å². The second-order valence-corrected chi connectivity index (χ2v) is 11.4. The highest BCUT2D eigenvalue weighted by Gasteiger charge is 2.26. The minimum atomic E-state index is -0.565. The molecule has 5 heterocycles. The van der Waals surface area contributed by atoms with Gasteiger partial charge in [-0.2, -0.15) is 15.0 Å². The summed E-state index contributed by atoms with van der Waals surface area (Å²) in [5.41, 5.74) is 0.891. The Labute approximate surface area is 244 Å². The number of hydrogen-bond donors (Lipinski definition) is 0. The second kappa shape index (κ2) is 10.9. The molecule has 4 aromatic heterocycles. The van der Waals surface area contributed by atoms with Crippen LogP contribution in [0.1, 0.15) is 20.3 Å². The lowest BCUT2D eigenvalue weighted by Crippen LogP contribution is -2.39. The third kappa shape index (κ3) is 5.28. The predicted molar refractivity (Wildman–Crippen MR) is 157 cm³/mol. The molecular formula is C30H25N7O4S. The molecule has 1 aliphatic rings. The molecule has 42 heavy (non-hydrogen) atoms. The normalized spacial score (nSPS) is 17.1. The molecule has 6 aromatic rings. The molecule has 12 heteroatoms. The second-order valence-electron chi connectivity index (χ2n) is 10.4. The smallest absolute Gasteiger partial charge is 0.349 e. The van der Waals surface area contributed by atoms with Crippen LogP contribution >= 0.6 is 11.8 Å². The first-order valence-corrected chi connectivity index (χ1v) is 14.4. The number of para-hydroxylation sites is 2. The van der Waals surface area contributed by atoms with Crippen LogP contribution in [0.5, 0.6) is 11.8 Å². The van der Waals surface area contributed by atoms with Crippen molar-refractivity contribution in [3.8, 4) is 23.2 Å². The molecule has 0 spiro atoms. The van der Waals surface area contributed by atoms with Crippen molar-refractivity contribution in [2.75, 3.05) is 18.0 Å². The standard InChI is InChI=1S/C30H25N7O4S/c1-17-13-18(2)16-37(15-17)27-32-28(40-24-11-12-31-22-9-5-4-8-20(22)24)34-29(33-27)42-30-36-35-25(41-30)21-14-19-7-3-6-10-23(19)39-26(21)38/h3-12,14,17-18H,13,15-16H2,1-2H3. The van der Waals surface area contributed by atoms with Gasteiger partial charge in [0.05, 0.1) is 5.52 Å². The maximum Gasteiger partial charge on any atom is 0.349 e. The number of pyridine rings is 1. The molecular weight excluding hydrogens is 554 g/mol. The van der Waals surface area contributed by atoms with E-state index in [2.05, 4.69) is 38.9 Å². The van der Waals surface area contributed by atoms with Crippen molar-refractivity contribution >= 4 is 39.6 Å². The van der Waals surface area contributed by atoms with Gasteiger partial charge in [-0.25, -0.2) is 4.79 Å². The van der Waals surface area contributed by atoms with Crippen LogP contribution in [0.2, 0.25) is 0 Å². The van der Waals surface area contributed by atoms with Crippen LogP contribution in [0.4, 0.5) is 5.95 Å². The van der Waals surface area contributed by atoms with E-state index in [-0.39, 0.29) is 22.7 Å². The van der Waals surface area contributed by atoms with Gasteiger partial charge < -0.3 is 18.5 Å². The molecule has 2 atom stereocenters. The summed E-state index contributed by atoms with van der Waals surface area (Å²) >= 11 is 1.07. The summed E-state index contributed by atoms with van der Waals surface area (Å²) in [6.45, 7) is 6.09.